The fourth-order valence-corrected chi connectivity index (χ4v) is 8.76. The molecule has 0 N–H and O–H groups in total. The van der Waals surface area contributed by atoms with E-state index < -0.39 is 0 Å². The minimum absolute atomic E-state index is 0. The third kappa shape index (κ3) is 5.66. The van der Waals surface area contributed by atoms with Gasteiger partial charge in [-0.15, -0.1) is 24.3 Å². The Morgan fingerprint density at radius 1 is 0.333 bits per heavy atom. The molecule has 0 unspecified atom stereocenters. The van der Waals surface area contributed by atoms with Crippen molar-refractivity contribution < 1.29 is 34.9 Å². The number of aromatic nitrogens is 4. The number of hydrogen-bond donors (Lipinski definition) is 0. The van der Waals surface area contributed by atoms with Gasteiger partial charge in [-0.25, -0.2) is 0 Å². The van der Waals surface area contributed by atoms with E-state index in [1.165, 1.54) is 21.5 Å². The maximum Gasteiger partial charge on any atom is 4.00 e. The molecule has 10 aromatic carbocycles. The Bertz CT molecular complexity index is 3360. The Labute approximate surface area is 360 Å². The Morgan fingerprint density at radius 3 is 1.07 bits per heavy atom. The van der Waals surface area contributed by atoms with Crippen LogP contribution in [0.5, 0.6) is 11.5 Å². The molecule has 0 aliphatic rings. The molecule has 2 heterocycles. The number of benzene rings is 10. The first kappa shape index (κ1) is 35.8. The number of nitrogens with zero attached hydrogens (tertiary/aromatic N) is 4. The van der Waals surface area contributed by atoms with Crippen LogP contribution in [-0.2, 0) is 21.1 Å². The minimum Gasteiger partial charge on any atom is -0.510 e. The summed E-state index contributed by atoms with van der Waals surface area (Å²) in [5.41, 5.74) is 7.93. The van der Waals surface area contributed by atoms with Crippen molar-refractivity contribution in [2.75, 3.05) is 0 Å². The van der Waals surface area contributed by atoms with E-state index in [1.54, 1.807) is 0 Å². The van der Waals surface area contributed by atoms with E-state index in [9.17, 15) is 0 Å². The van der Waals surface area contributed by atoms with Crippen LogP contribution in [0.1, 0.15) is 0 Å². The van der Waals surface area contributed by atoms with E-state index in [2.05, 4.69) is 201 Å². The van der Waals surface area contributed by atoms with Crippen LogP contribution >= 0.6 is 0 Å². The standard InChI is InChI=1S/C54H32N4O.Pt/c1-3-17-37(18-4-1)55-35-57(53-49-31-13-9-27-45(49)43-25-7-11-29-47(43)51(53)55)39-21-15-23-41(33-39)59-42-24-16-22-40(34-42)58-36-56(38-19-5-2-6-20-38)52-48-30-12-8-26-44(48)46-28-10-14-32-50(46)54(52)58;/h1-32H;/q-2;+4. The molecule has 12 aromatic rings. The van der Waals surface area contributed by atoms with Crippen molar-refractivity contribution in [3.05, 3.63) is 219 Å². The number of imidazole rings is 2. The third-order valence-electron chi connectivity index (χ3n) is 11.3. The van der Waals surface area contributed by atoms with Crippen molar-refractivity contribution in [1.29, 1.82) is 0 Å². The second kappa shape index (κ2) is 14.5. The average Bonchev–Trinajstić information content (AvgIpc) is 3.92. The summed E-state index contributed by atoms with van der Waals surface area (Å²) in [6.07, 6.45) is 7.43. The Morgan fingerprint density at radius 2 is 0.667 bits per heavy atom. The van der Waals surface area contributed by atoms with Gasteiger partial charge in [0.15, 0.2) is 0 Å². The molecule has 0 saturated carbocycles. The Hall–Kier alpha value is -7.33. The molecule has 60 heavy (non-hydrogen) atoms. The predicted octanol–water partition coefficient (Wildman–Crippen LogP) is 11.7. The molecule has 2 aromatic heterocycles. The van der Waals surface area contributed by atoms with Crippen LogP contribution in [-0.4, -0.2) is 9.13 Å². The van der Waals surface area contributed by atoms with Gasteiger partial charge in [-0.05, 0) is 78.7 Å². The van der Waals surface area contributed by atoms with Gasteiger partial charge in [-0.3, -0.25) is 9.13 Å². The van der Waals surface area contributed by atoms with E-state index in [0.717, 1.165) is 66.4 Å². The molecule has 0 saturated heterocycles. The topological polar surface area (TPSA) is 26.8 Å². The first-order valence-electron chi connectivity index (χ1n) is 19.7. The van der Waals surface area contributed by atoms with Gasteiger partial charge in [0.1, 0.15) is 0 Å². The number of ether oxygens (including phenoxy) is 1. The van der Waals surface area contributed by atoms with Crippen LogP contribution in [0.2, 0.25) is 0 Å². The van der Waals surface area contributed by atoms with Gasteiger partial charge in [0.25, 0.3) is 12.7 Å². The summed E-state index contributed by atoms with van der Waals surface area (Å²) in [6, 6.07) is 74.4. The zero-order valence-electron chi connectivity index (χ0n) is 32.0. The maximum absolute atomic E-state index is 6.65. The summed E-state index contributed by atoms with van der Waals surface area (Å²) in [5, 5.41) is 9.35. The van der Waals surface area contributed by atoms with Gasteiger partial charge >= 0.3 is 21.1 Å². The Balaban J connectivity index is 0.00000408. The van der Waals surface area contributed by atoms with Gasteiger partial charge < -0.3 is 13.9 Å². The summed E-state index contributed by atoms with van der Waals surface area (Å²) in [4.78, 5) is 0. The van der Waals surface area contributed by atoms with Crippen LogP contribution in [0, 0.1) is 24.8 Å². The normalized spacial score (nSPS) is 11.5. The molecule has 0 amide bonds. The monoisotopic (exact) mass is 947 g/mol. The van der Waals surface area contributed by atoms with Crippen molar-refractivity contribution in [3.8, 4) is 34.2 Å². The third-order valence-corrected chi connectivity index (χ3v) is 11.3. The van der Waals surface area contributed by atoms with Crippen LogP contribution in [0.25, 0.3) is 87.9 Å². The molecule has 0 aliphatic heterocycles. The SMILES string of the molecule is [Pt+4].[c-]1c(Oc2[c-]c(-n3[c-][n+](-c4ccccc4)c4c5ccccc5c5ccccc5c43)ccc2)cccc1-n1[c-][n+](-c2ccccc2)c2c3ccccc3c3ccccc3c21. The quantitative estimate of drug-likeness (QED) is 0.0927. The number of rotatable bonds is 6. The first-order chi connectivity index (χ1) is 29.3. The van der Waals surface area contributed by atoms with Crippen molar-refractivity contribution in [3.63, 3.8) is 0 Å². The van der Waals surface area contributed by atoms with Gasteiger partial charge in [0.05, 0.1) is 33.4 Å². The van der Waals surface area contributed by atoms with E-state index in [4.69, 9.17) is 4.74 Å². The predicted molar refractivity (Wildman–Crippen MR) is 235 cm³/mol. The molecular formula is C54H32N4OPt+2. The van der Waals surface area contributed by atoms with Crippen molar-refractivity contribution in [1.82, 2.24) is 9.13 Å². The molecule has 0 spiro atoms. The van der Waals surface area contributed by atoms with Crippen molar-refractivity contribution in [2.45, 2.75) is 0 Å². The first-order valence-corrected chi connectivity index (χ1v) is 19.7. The summed E-state index contributed by atoms with van der Waals surface area (Å²) in [6.45, 7) is 0. The number of fused-ring (bicyclic) bond motifs is 12. The summed E-state index contributed by atoms with van der Waals surface area (Å²) in [5.74, 6) is 1.14. The molecule has 6 heteroatoms. The van der Waals surface area contributed by atoms with Gasteiger partial charge in [0.2, 0.25) is 0 Å². The minimum atomic E-state index is 0. The summed E-state index contributed by atoms with van der Waals surface area (Å²) < 4.78 is 15.2. The van der Waals surface area contributed by atoms with Crippen molar-refractivity contribution in [2.24, 2.45) is 0 Å². The van der Waals surface area contributed by atoms with Crippen LogP contribution in [0.3, 0.4) is 0 Å². The van der Waals surface area contributed by atoms with Gasteiger partial charge in [-0.1, -0.05) is 133 Å². The molecule has 0 fully saturated rings. The Kier molecular flexibility index (Phi) is 8.65. The summed E-state index contributed by atoms with van der Waals surface area (Å²) >= 11 is 0. The fraction of sp³-hybridized carbons (Fsp3) is 0. The zero-order valence-corrected chi connectivity index (χ0v) is 34.3. The number of hydrogen-bond acceptors (Lipinski definition) is 1. The molecular weight excluding hydrogens is 916 g/mol. The maximum atomic E-state index is 6.65. The molecule has 0 atom stereocenters. The second-order valence-electron chi connectivity index (χ2n) is 14.7. The molecule has 5 nitrogen and oxygen atoms in total. The summed E-state index contributed by atoms with van der Waals surface area (Å²) in [7, 11) is 0. The van der Waals surface area contributed by atoms with E-state index >= 15 is 0 Å². The van der Waals surface area contributed by atoms with Crippen LogP contribution in [0.15, 0.2) is 194 Å². The van der Waals surface area contributed by atoms with E-state index in [1.807, 2.05) is 36.4 Å². The van der Waals surface area contributed by atoms with Crippen LogP contribution in [0.4, 0.5) is 0 Å². The second-order valence-corrected chi connectivity index (χ2v) is 14.7. The molecule has 0 bridgehead atoms. The molecule has 0 radical (unpaired) electrons. The largest absolute Gasteiger partial charge is 4.00 e. The molecule has 282 valence electrons. The molecule has 0 aliphatic carbocycles. The zero-order chi connectivity index (χ0) is 38.9. The van der Waals surface area contributed by atoms with E-state index in [0.29, 0.717) is 11.5 Å². The van der Waals surface area contributed by atoms with Gasteiger partial charge in [0, 0.05) is 11.5 Å². The smallest absolute Gasteiger partial charge is 0.510 e. The van der Waals surface area contributed by atoms with Gasteiger partial charge in [-0.2, -0.15) is 24.3 Å². The van der Waals surface area contributed by atoms with E-state index in [-0.39, 0.29) is 21.1 Å². The molecule has 12 rings (SSSR count). The fourth-order valence-electron chi connectivity index (χ4n) is 8.76. The van der Waals surface area contributed by atoms with Crippen LogP contribution < -0.4 is 13.9 Å². The number of para-hydroxylation sites is 2. The van der Waals surface area contributed by atoms with Crippen molar-refractivity contribution >= 4 is 65.2 Å². The average molecular weight is 948 g/mol.